The number of fused-ring (bicyclic) bond motifs is 1. The minimum absolute atomic E-state index is 0.155. The summed E-state index contributed by atoms with van der Waals surface area (Å²) in [6.45, 7) is 1.90. The van der Waals surface area contributed by atoms with Crippen LogP contribution in [0.4, 0.5) is 11.4 Å². The van der Waals surface area contributed by atoms with E-state index in [1.165, 1.54) is 15.8 Å². The number of aromatic nitrogens is 2. The van der Waals surface area contributed by atoms with Crippen molar-refractivity contribution in [2.24, 2.45) is 7.05 Å². The average molecular weight is 291 g/mol. The number of hydrogen-bond donors (Lipinski definition) is 2. The summed E-state index contributed by atoms with van der Waals surface area (Å²) in [5.74, 6) is 0. The average Bonchev–Trinajstić information content (AvgIpc) is 2.48. The van der Waals surface area contributed by atoms with Crippen LogP contribution in [0.25, 0.3) is 0 Å². The van der Waals surface area contributed by atoms with E-state index in [1.807, 2.05) is 6.07 Å². The van der Waals surface area contributed by atoms with Crippen molar-refractivity contribution in [3.63, 3.8) is 0 Å². The summed E-state index contributed by atoms with van der Waals surface area (Å²) in [7, 11) is 1.57. The summed E-state index contributed by atoms with van der Waals surface area (Å²) in [6.07, 6.45) is 2.57. The quantitative estimate of drug-likeness (QED) is 0.886. The van der Waals surface area contributed by atoms with Crippen LogP contribution in [-0.2, 0) is 20.0 Å². The number of anilines is 2. The van der Waals surface area contributed by atoms with Gasteiger partial charge in [-0.3, -0.25) is 4.79 Å². The molecule has 1 aromatic heterocycles. The van der Waals surface area contributed by atoms with Gasteiger partial charge in [-0.05, 0) is 36.2 Å². The topological polar surface area (TPSA) is 59.0 Å². The largest absolute Gasteiger partial charge is 0.353 e. The molecule has 0 atom stereocenters. The Labute approximate surface area is 121 Å². The van der Waals surface area contributed by atoms with Gasteiger partial charge in [0.2, 0.25) is 0 Å². The van der Waals surface area contributed by atoms with Crippen molar-refractivity contribution in [1.29, 1.82) is 0 Å². The first-order chi connectivity index (χ1) is 9.65. The fourth-order valence-electron chi connectivity index (χ4n) is 2.31. The van der Waals surface area contributed by atoms with Crippen molar-refractivity contribution in [2.75, 3.05) is 11.9 Å². The molecule has 0 amide bonds. The van der Waals surface area contributed by atoms with E-state index in [4.69, 9.17) is 11.6 Å². The lowest BCUT2D eigenvalue weighted by Crippen LogP contribution is -2.23. The van der Waals surface area contributed by atoms with Gasteiger partial charge in [0.15, 0.2) is 0 Å². The summed E-state index contributed by atoms with van der Waals surface area (Å²) in [6, 6.07) is 6.18. The zero-order valence-corrected chi connectivity index (χ0v) is 11.9. The molecule has 1 aliphatic rings. The Morgan fingerprint density at radius 1 is 1.40 bits per heavy atom. The molecule has 0 bridgehead atoms. The summed E-state index contributed by atoms with van der Waals surface area (Å²) in [5, 5.41) is 10.6. The highest BCUT2D eigenvalue weighted by Crippen LogP contribution is 2.24. The van der Waals surface area contributed by atoms with Gasteiger partial charge < -0.3 is 10.6 Å². The molecule has 0 aliphatic carbocycles. The lowest BCUT2D eigenvalue weighted by atomic mass is 10.0. The van der Waals surface area contributed by atoms with Gasteiger partial charge in [0.05, 0.1) is 11.9 Å². The Bertz CT molecular complexity index is 711. The number of benzene rings is 1. The first kappa shape index (κ1) is 13.1. The van der Waals surface area contributed by atoms with Crippen molar-refractivity contribution in [3.8, 4) is 0 Å². The molecule has 6 heteroatoms. The van der Waals surface area contributed by atoms with Crippen molar-refractivity contribution in [3.05, 3.63) is 50.9 Å². The van der Waals surface area contributed by atoms with Crippen LogP contribution in [0.1, 0.15) is 11.1 Å². The summed E-state index contributed by atoms with van der Waals surface area (Å²) in [5.41, 5.74) is 3.78. The van der Waals surface area contributed by atoms with Crippen LogP contribution < -0.4 is 16.2 Å². The summed E-state index contributed by atoms with van der Waals surface area (Å²) < 4.78 is 1.21. The minimum atomic E-state index is -0.307. The van der Waals surface area contributed by atoms with Crippen LogP contribution in [-0.4, -0.2) is 16.3 Å². The van der Waals surface area contributed by atoms with E-state index >= 15 is 0 Å². The third-order valence-corrected chi connectivity index (χ3v) is 3.82. The van der Waals surface area contributed by atoms with Crippen LogP contribution in [0, 0.1) is 0 Å². The first-order valence-electron chi connectivity index (χ1n) is 6.46. The molecule has 2 N–H and O–H groups in total. The van der Waals surface area contributed by atoms with E-state index in [9.17, 15) is 4.79 Å². The van der Waals surface area contributed by atoms with Crippen molar-refractivity contribution in [2.45, 2.75) is 13.0 Å². The van der Waals surface area contributed by atoms with Crippen LogP contribution in [0.3, 0.4) is 0 Å². The van der Waals surface area contributed by atoms with Crippen molar-refractivity contribution in [1.82, 2.24) is 15.1 Å². The second-order valence-corrected chi connectivity index (χ2v) is 5.21. The minimum Gasteiger partial charge on any atom is -0.353 e. The van der Waals surface area contributed by atoms with Gasteiger partial charge in [-0.1, -0.05) is 17.7 Å². The molecule has 2 aromatic rings. The molecule has 1 aromatic carbocycles. The van der Waals surface area contributed by atoms with E-state index in [-0.39, 0.29) is 10.6 Å². The molecular weight excluding hydrogens is 276 g/mol. The van der Waals surface area contributed by atoms with Crippen LogP contribution in [0.2, 0.25) is 5.02 Å². The molecule has 0 saturated heterocycles. The Morgan fingerprint density at radius 2 is 2.25 bits per heavy atom. The number of rotatable bonds is 2. The van der Waals surface area contributed by atoms with E-state index in [0.717, 1.165) is 25.2 Å². The molecule has 0 saturated carbocycles. The molecule has 2 heterocycles. The molecule has 0 radical (unpaired) electrons. The van der Waals surface area contributed by atoms with E-state index < -0.39 is 0 Å². The molecule has 3 rings (SSSR count). The number of nitrogens with one attached hydrogen (secondary N) is 2. The highest BCUT2D eigenvalue weighted by Gasteiger charge is 2.11. The molecular formula is C14H15ClN4O. The SMILES string of the molecule is Cn1ncc(Nc2ccc3c(c2)CCNC3)c(Cl)c1=O. The van der Waals surface area contributed by atoms with Crippen LogP contribution >= 0.6 is 11.6 Å². The normalized spacial score (nSPS) is 13.9. The van der Waals surface area contributed by atoms with Gasteiger partial charge in [-0.15, -0.1) is 0 Å². The summed E-state index contributed by atoms with van der Waals surface area (Å²) in [4.78, 5) is 11.7. The van der Waals surface area contributed by atoms with Gasteiger partial charge in [0.1, 0.15) is 5.02 Å². The third-order valence-electron chi connectivity index (χ3n) is 3.45. The molecule has 0 spiro atoms. The highest BCUT2D eigenvalue weighted by atomic mass is 35.5. The Balaban J connectivity index is 1.92. The zero-order chi connectivity index (χ0) is 14.1. The van der Waals surface area contributed by atoms with Gasteiger partial charge in [-0.25, -0.2) is 4.68 Å². The van der Waals surface area contributed by atoms with Gasteiger partial charge >= 0.3 is 0 Å². The lowest BCUT2D eigenvalue weighted by molar-refractivity contribution is 0.644. The molecule has 20 heavy (non-hydrogen) atoms. The van der Waals surface area contributed by atoms with Crippen molar-refractivity contribution < 1.29 is 0 Å². The predicted molar refractivity (Wildman–Crippen MR) is 79.6 cm³/mol. The predicted octanol–water partition coefficient (Wildman–Crippen LogP) is 1.82. The molecule has 104 valence electrons. The first-order valence-corrected chi connectivity index (χ1v) is 6.84. The second kappa shape index (κ2) is 5.26. The fourth-order valence-corrected chi connectivity index (χ4v) is 2.53. The van der Waals surface area contributed by atoms with E-state index in [1.54, 1.807) is 13.2 Å². The molecule has 1 aliphatic heterocycles. The number of hydrogen-bond acceptors (Lipinski definition) is 4. The Morgan fingerprint density at radius 3 is 3.10 bits per heavy atom. The number of halogens is 1. The lowest BCUT2D eigenvalue weighted by Gasteiger charge is -2.18. The van der Waals surface area contributed by atoms with E-state index in [0.29, 0.717) is 5.69 Å². The number of nitrogens with zero attached hydrogens (tertiary/aromatic N) is 2. The highest BCUT2D eigenvalue weighted by molar-refractivity contribution is 6.33. The zero-order valence-electron chi connectivity index (χ0n) is 11.1. The maximum absolute atomic E-state index is 11.7. The maximum Gasteiger partial charge on any atom is 0.287 e. The monoisotopic (exact) mass is 290 g/mol. The third kappa shape index (κ3) is 2.42. The van der Waals surface area contributed by atoms with Gasteiger partial charge in [0.25, 0.3) is 5.56 Å². The van der Waals surface area contributed by atoms with Crippen molar-refractivity contribution >= 4 is 23.0 Å². The molecule has 0 fully saturated rings. The maximum atomic E-state index is 11.7. The number of aryl methyl sites for hydroxylation is 1. The Hall–Kier alpha value is -1.85. The van der Waals surface area contributed by atoms with Crippen LogP contribution in [0.5, 0.6) is 0 Å². The fraction of sp³-hybridized carbons (Fsp3) is 0.286. The second-order valence-electron chi connectivity index (χ2n) is 4.84. The van der Waals surface area contributed by atoms with E-state index in [2.05, 4.69) is 27.9 Å². The molecule has 0 unspecified atom stereocenters. The van der Waals surface area contributed by atoms with Gasteiger partial charge in [-0.2, -0.15) is 5.10 Å². The standard InChI is InChI=1S/C14H15ClN4O/c1-19-14(20)13(15)12(8-17-19)18-11-3-2-10-7-16-5-4-9(10)6-11/h2-3,6,8,16,18H,4-5,7H2,1H3. The summed E-state index contributed by atoms with van der Waals surface area (Å²) >= 11 is 6.05. The van der Waals surface area contributed by atoms with Gasteiger partial charge in [0, 0.05) is 19.3 Å². The Kier molecular flexibility index (Phi) is 3.46. The van der Waals surface area contributed by atoms with Crippen LogP contribution in [0.15, 0.2) is 29.2 Å². The smallest absolute Gasteiger partial charge is 0.287 e. The molecule has 5 nitrogen and oxygen atoms in total.